The third-order valence-electron chi connectivity index (χ3n) is 3.83. The molecule has 0 amide bonds. The molecule has 0 atom stereocenters. The largest absolute Gasteiger partial charge is 0.545 e. The quantitative estimate of drug-likeness (QED) is 0.793. The lowest BCUT2D eigenvalue weighted by Crippen LogP contribution is -2.35. The molecule has 0 aliphatic heterocycles. The van der Waals surface area contributed by atoms with Gasteiger partial charge in [0.25, 0.3) is 10.0 Å². The van der Waals surface area contributed by atoms with E-state index in [0.29, 0.717) is 12.2 Å². The maximum absolute atomic E-state index is 13.1. The van der Waals surface area contributed by atoms with Crippen molar-refractivity contribution in [2.45, 2.75) is 32.6 Å². The number of hydrogen-bond acceptors (Lipinski definition) is 4. The van der Waals surface area contributed by atoms with Crippen LogP contribution in [0.25, 0.3) is 0 Å². The Morgan fingerprint density at radius 2 is 1.68 bits per heavy atom. The number of carbonyl (C=O) groups excluding carboxylic acids is 1. The predicted molar refractivity (Wildman–Crippen MR) is 96.1 cm³/mol. The van der Waals surface area contributed by atoms with Crippen LogP contribution in [0, 0.1) is 19.8 Å². The minimum absolute atomic E-state index is 0.0538. The van der Waals surface area contributed by atoms with E-state index < -0.39 is 16.0 Å². The van der Waals surface area contributed by atoms with Gasteiger partial charge in [-0.15, -0.1) is 0 Å². The summed E-state index contributed by atoms with van der Waals surface area (Å²) in [6.45, 7) is 8.06. The molecule has 0 N–H and O–H groups in total. The number of carboxylic acids is 1. The third kappa shape index (κ3) is 4.20. The van der Waals surface area contributed by atoms with Crippen molar-refractivity contribution in [3.63, 3.8) is 0 Å². The van der Waals surface area contributed by atoms with Crippen molar-refractivity contribution in [3.05, 3.63) is 59.2 Å². The van der Waals surface area contributed by atoms with Gasteiger partial charge in [0, 0.05) is 6.54 Å². The number of carbonyl (C=O) groups is 1. The fourth-order valence-corrected chi connectivity index (χ4v) is 4.33. The molecule has 0 aliphatic rings. The van der Waals surface area contributed by atoms with Crippen molar-refractivity contribution in [3.8, 4) is 0 Å². The Balaban J connectivity index is 2.53. The third-order valence-corrected chi connectivity index (χ3v) is 5.62. The minimum Gasteiger partial charge on any atom is -0.545 e. The van der Waals surface area contributed by atoms with Gasteiger partial charge in [0.1, 0.15) is 0 Å². The van der Waals surface area contributed by atoms with Crippen LogP contribution < -0.4 is 9.41 Å². The lowest BCUT2D eigenvalue weighted by atomic mass is 10.1. The minimum atomic E-state index is -3.81. The van der Waals surface area contributed by atoms with E-state index in [1.807, 2.05) is 39.8 Å². The lowest BCUT2D eigenvalue weighted by molar-refractivity contribution is -0.255. The zero-order valence-electron chi connectivity index (χ0n) is 14.8. The van der Waals surface area contributed by atoms with Crippen LogP contribution in [-0.2, 0) is 10.0 Å². The summed E-state index contributed by atoms with van der Waals surface area (Å²) in [5.74, 6) is -1.21. The first-order valence-corrected chi connectivity index (χ1v) is 9.48. The summed E-state index contributed by atoms with van der Waals surface area (Å²) in [5, 5.41) is 10.9. The van der Waals surface area contributed by atoms with Crippen LogP contribution >= 0.6 is 0 Å². The van der Waals surface area contributed by atoms with E-state index in [4.69, 9.17) is 0 Å². The second kappa shape index (κ2) is 7.27. The molecule has 0 saturated heterocycles. The molecule has 0 heterocycles. The molecule has 134 valence electrons. The van der Waals surface area contributed by atoms with Gasteiger partial charge in [-0.2, -0.15) is 0 Å². The maximum atomic E-state index is 13.1. The van der Waals surface area contributed by atoms with Crippen LogP contribution in [0.3, 0.4) is 0 Å². The Hall–Kier alpha value is -2.34. The first kappa shape index (κ1) is 19.0. The van der Waals surface area contributed by atoms with Gasteiger partial charge in [-0.1, -0.05) is 43.7 Å². The number of aromatic carboxylic acids is 1. The normalized spacial score (nSPS) is 11.6. The first-order chi connectivity index (χ1) is 11.6. The zero-order valence-corrected chi connectivity index (χ0v) is 15.6. The van der Waals surface area contributed by atoms with E-state index in [1.54, 1.807) is 6.07 Å². The number of sulfonamides is 1. The van der Waals surface area contributed by atoms with Crippen LogP contribution in [0.2, 0.25) is 0 Å². The summed E-state index contributed by atoms with van der Waals surface area (Å²) in [6, 6.07) is 10.7. The van der Waals surface area contributed by atoms with Gasteiger partial charge in [-0.05, 0) is 49.1 Å². The molecule has 0 saturated carbocycles. The van der Waals surface area contributed by atoms with Gasteiger partial charge in [0.2, 0.25) is 0 Å². The number of rotatable bonds is 6. The lowest BCUT2D eigenvalue weighted by Gasteiger charge is -2.28. The Morgan fingerprint density at radius 1 is 1.08 bits per heavy atom. The molecular formula is C19H22NO4S-. The second-order valence-corrected chi connectivity index (χ2v) is 8.39. The van der Waals surface area contributed by atoms with Crippen LogP contribution in [0.15, 0.2) is 47.4 Å². The molecular weight excluding hydrogens is 338 g/mol. The summed E-state index contributed by atoms with van der Waals surface area (Å²) in [7, 11) is -3.81. The molecule has 0 aliphatic carbocycles. The molecule has 0 aromatic heterocycles. The smallest absolute Gasteiger partial charge is 0.264 e. The molecule has 0 spiro atoms. The summed E-state index contributed by atoms with van der Waals surface area (Å²) in [4.78, 5) is 10.9. The Labute approximate surface area is 149 Å². The molecule has 6 heteroatoms. The van der Waals surface area contributed by atoms with Crippen molar-refractivity contribution in [1.29, 1.82) is 0 Å². The van der Waals surface area contributed by atoms with Gasteiger partial charge >= 0.3 is 0 Å². The molecule has 0 unspecified atom stereocenters. The number of carboxylic acid groups (broad SMARTS) is 1. The molecule has 0 radical (unpaired) electrons. The van der Waals surface area contributed by atoms with Crippen molar-refractivity contribution in [1.82, 2.24) is 0 Å². The van der Waals surface area contributed by atoms with Crippen LogP contribution in [0.1, 0.15) is 35.3 Å². The highest BCUT2D eigenvalue weighted by molar-refractivity contribution is 7.92. The Morgan fingerprint density at radius 3 is 2.16 bits per heavy atom. The summed E-state index contributed by atoms with van der Waals surface area (Å²) >= 11 is 0. The van der Waals surface area contributed by atoms with Gasteiger partial charge in [-0.25, -0.2) is 8.42 Å². The highest BCUT2D eigenvalue weighted by atomic mass is 32.2. The molecule has 25 heavy (non-hydrogen) atoms. The van der Waals surface area contributed by atoms with Crippen LogP contribution in [-0.4, -0.2) is 20.9 Å². The van der Waals surface area contributed by atoms with Crippen molar-refractivity contribution >= 4 is 21.7 Å². The average molecular weight is 360 g/mol. The zero-order chi connectivity index (χ0) is 18.8. The number of nitrogens with zero attached hydrogens (tertiary/aromatic N) is 1. The van der Waals surface area contributed by atoms with Crippen LogP contribution in [0.5, 0.6) is 0 Å². The number of hydrogen-bond donors (Lipinski definition) is 0. The highest BCUT2D eigenvalue weighted by Crippen LogP contribution is 2.28. The number of anilines is 1. The van der Waals surface area contributed by atoms with Gasteiger partial charge in [-0.3, -0.25) is 4.31 Å². The molecule has 2 rings (SSSR count). The van der Waals surface area contributed by atoms with Crippen molar-refractivity contribution < 1.29 is 18.3 Å². The first-order valence-electron chi connectivity index (χ1n) is 8.04. The fraction of sp³-hybridized carbons (Fsp3) is 0.316. The maximum Gasteiger partial charge on any atom is 0.264 e. The van der Waals surface area contributed by atoms with Crippen molar-refractivity contribution in [2.75, 3.05) is 10.8 Å². The molecule has 2 aromatic rings. The predicted octanol–water partition coefficient (Wildman–Crippen LogP) is 2.52. The van der Waals surface area contributed by atoms with E-state index in [9.17, 15) is 18.3 Å². The molecule has 2 aromatic carbocycles. The Bertz CT molecular complexity index is 871. The van der Waals surface area contributed by atoms with E-state index in [2.05, 4.69) is 0 Å². The molecule has 5 nitrogen and oxygen atoms in total. The van der Waals surface area contributed by atoms with Gasteiger partial charge in [0.15, 0.2) is 0 Å². The summed E-state index contributed by atoms with van der Waals surface area (Å²) in [5.41, 5.74) is 2.50. The Kier molecular flexibility index (Phi) is 5.52. The molecule has 0 fully saturated rings. The van der Waals surface area contributed by atoms with E-state index >= 15 is 0 Å². The fourth-order valence-electron chi connectivity index (χ4n) is 2.63. The standard InChI is InChI=1S/C19H23NO4S/c1-13(2)12-20(18-10-5-14(3)11-15(18)4)25(23,24)17-8-6-16(7-9-17)19(21)22/h5-11,13H,12H2,1-4H3,(H,21,22)/p-1. The second-order valence-electron chi connectivity index (χ2n) is 6.53. The average Bonchev–Trinajstić information content (AvgIpc) is 2.53. The van der Waals surface area contributed by atoms with Gasteiger partial charge < -0.3 is 9.90 Å². The SMILES string of the molecule is Cc1ccc(N(CC(C)C)S(=O)(=O)c2ccc(C(=O)[O-])cc2)c(C)c1. The van der Waals surface area contributed by atoms with Gasteiger partial charge in [0.05, 0.1) is 16.6 Å². The van der Waals surface area contributed by atoms with E-state index in [0.717, 1.165) is 11.1 Å². The topological polar surface area (TPSA) is 77.5 Å². The van der Waals surface area contributed by atoms with Crippen molar-refractivity contribution in [2.24, 2.45) is 5.92 Å². The van der Waals surface area contributed by atoms with E-state index in [1.165, 1.54) is 28.6 Å². The molecule has 0 bridgehead atoms. The summed E-state index contributed by atoms with van der Waals surface area (Å²) in [6.07, 6.45) is 0. The highest BCUT2D eigenvalue weighted by Gasteiger charge is 2.26. The monoisotopic (exact) mass is 360 g/mol. The van der Waals surface area contributed by atoms with Crippen LogP contribution in [0.4, 0.5) is 5.69 Å². The van der Waals surface area contributed by atoms with E-state index in [-0.39, 0.29) is 16.4 Å². The summed E-state index contributed by atoms with van der Waals surface area (Å²) < 4.78 is 27.7. The number of benzene rings is 2. The number of aryl methyl sites for hydroxylation is 2.